The zero-order valence-electron chi connectivity index (χ0n) is 16.9. The molecule has 8 nitrogen and oxygen atoms in total. The lowest BCUT2D eigenvalue weighted by Gasteiger charge is -2.35. The van der Waals surface area contributed by atoms with Gasteiger partial charge in [0.15, 0.2) is 11.5 Å². The molecule has 1 N–H and O–H groups in total. The summed E-state index contributed by atoms with van der Waals surface area (Å²) in [5.41, 5.74) is 0.726. The summed E-state index contributed by atoms with van der Waals surface area (Å²) in [5, 5.41) is 3.05. The normalized spacial score (nSPS) is 20.3. The van der Waals surface area contributed by atoms with Crippen LogP contribution in [0.15, 0.2) is 18.2 Å². The highest BCUT2D eigenvalue weighted by Gasteiger charge is 2.26. The predicted molar refractivity (Wildman–Crippen MR) is 109 cm³/mol. The van der Waals surface area contributed by atoms with Gasteiger partial charge in [0.2, 0.25) is 0 Å². The van der Waals surface area contributed by atoms with Crippen LogP contribution in [0.1, 0.15) is 19.3 Å². The minimum Gasteiger partial charge on any atom is -0.486 e. The van der Waals surface area contributed by atoms with E-state index in [1.807, 2.05) is 23.1 Å². The molecule has 3 aliphatic rings. The van der Waals surface area contributed by atoms with E-state index in [1.54, 1.807) is 0 Å². The molecule has 0 unspecified atom stereocenters. The Balaban J connectivity index is 1.37. The van der Waals surface area contributed by atoms with Gasteiger partial charge in [-0.05, 0) is 31.4 Å². The third-order valence-corrected chi connectivity index (χ3v) is 5.66. The monoisotopic (exact) mass is 405 g/mol. The predicted octanol–water partition coefficient (Wildman–Crippen LogP) is 2.19. The first-order valence-corrected chi connectivity index (χ1v) is 10.6. The van der Waals surface area contributed by atoms with E-state index in [0.717, 1.165) is 70.1 Å². The fourth-order valence-corrected chi connectivity index (χ4v) is 4.05. The Morgan fingerprint density at radius 1 is 1.00 bits per heavy atom. The SMILES string of the molecule is O=C(Nc1ccc2c(c1)OCCO2)N(CCCN1CCOCC1)C1CCOCC1. The van der Waals surface area contributed by atoms with Gasteiger partial charge < -0.3 is 29.2 Å². The van der Waals surface area contributed by atoms with Gasteiger partial charge >= 0.3 is 6.03 Å². The summed E-state index contributed by atoms with van der Waals surface area (Å²) in [4.78, 5) is 17.5. The van der Waals surface area contributed by atoms with E-state index < -0.39 is 0 Å². The van der Waals surface area contributed by atoms with Crippen molar-refractivity contribution in [2.45, 2.75) is 25.3 Å². The lowest BCUT2D eigenvalue weighted by atomic mass is 10.1. The van der Waals surface area contributed by atoms with Crippen LogP contribution < -0.4 is 14.8 Å². The molecule has 8 heteroatoms. The van der Waals surface area contributed by atoms with Crippen LogP contribution in [0.3, 0.4) is 0 Å². The van der Waals surface area contributed by atoms with Crippen molar-refractivity contribution in [3.63, 3.8) is 0 Å². The van der Waals surface area contributed by atoms with Crippen LogP contribution in [0.2, 0.25) is 0 Å². The Bertz CT molecular complexity index is 674. The van der Waals surface area contributed by atoms with E-state index >= 15 is 0 Å². The number of benzene rings is 1. The summed E-state index contributed by atoms with van der Waals surface area (Å²) in [7, 11) is 0. The first-order valence-electron chi connectivity index (χ1n) is 10.6. The Morgan fingerprint density at radius 3 is 2.52 bits per heavy atom. The van der Waals surface area contributed by atoms with Crippen molar-refractivity contribution in [1.82, 2.24) is 9.80 Å². The molecular weight excluding hydrogens is 374 g/mol. The Morgan fingerprint density at radius 2 is 1.72 bits per heavy atom. The molecule has 0 aromatic heterocycles. The van der Waals surface area contributed by atoms with E-state index in [4.69, 9.17) is 18.9 Å². The molecule has 0 radical (unpaired) electrons. The van der Waals surface area contributed by atoms with Crippen molar-refractivity contribution in [2.24, 2.45) is 0 Å². The summed E-state index contributed by atoms with van der Waals surface area (Å²) in [5.74, 6) is 1.40. The van der Waals surface area contributed by atoms with Crippen LogP contribution in [-0.4, -0.2) is 87.7 Å². The highest BCUT2D eigenvalue weighted by molar-refractivity contribution is 5.90. The molecule has 1 aromatic rings. The van der Waals surface area contributed by atoms with Crippen molar-refractivity contribution < 1.29 is 23.7 Å². The van der Waals surface area contributed by atoms with Gasteiger partial charge in [0.25, 0.3) is 0 Å². The largest absolute Gasteiger partial charge is 0.486 e. The highest BCUT2D eigenvalue weighted by Crippen LogP contribution is 2.32. The summed E-state index contributed by atoms with van der Waals surface area (Å²) in [6.07, 6.45) is 2.71. The third-order valence-electron chi connectivity index (χ3n) is 5.66. The molecule has 0 spiro atoms. The molecule has 3 aliphatic heterocycles. The first kappa shape index (κ1) is 20.3. The van der Waals surface area contributed by atoms with Gasteiger partial charge in [0.05, 0.1) is 13.2 Å². The Kier molecular flexibility index (Phi) is 7.08. The molecule has 2 saturated heterocycles. The fourth-order valence-electron chi connectivity index (χ4n) is 4.05. The molecule has 0 aliphatic carbocycles. The number of ether oxygens (including phenoxy) is 4. The lowest BCUT2D eigenvalue weighted by Crippen LogP contribution is -2.47. The number of fused-ring (bicyclic) bond motifs is 1. The minimum absolute atomic E-state index is 0.0597. The number of carbonyl (C=O) groups is 1. The van der Waals surface area contributed by atoms with E-state index in [0.29, 0.717) is 32.2 Å². The van der Waals surface area contributed by atoms with Gasteiger partial charge in [-0.2, -0.15) is 0 Å². The maximum atomic E-state index is 13.1. The van der Waals surface area contributed by atoms with E-state index in [2.05, 4.69) is 10.2 Å². The number of rotatable bonds is 6. The third kappa shape index (κ3) is 5.52. The molecule has 29 heavy (non-hydrogen) atoms. The maximum Gasteiger partial charge on any atom is 0.322 e. The van der Waals surface area contributed by atoms with Crippen LogP contribution in [0.5, 0.6) is 11.5 Å². The van der Waals surface area contributed by atoms with Gasteiger partial charge in [0.1, 0.15) is 13.2 Å². The van der Waals surface area contributed by atoms with Crippen LogP contribution >= 0.6 is 0 Å². The smallest absolute Gasteiger partial charge is 0.322 e. The molecule has 0 atom stereocenters. The average molecular weight is 405 g/mol. The number of amides is 2. The molecule has 2 fully saturated rings. The van der Waals surface area contributed by atoms with Gasteiger partial charge in [-0.25, -0.2) is 4.79 Å². The average Bonchev–Trinajstić information content (AvgIpc) is 2.78. The second kappa shape index (κ2) is 10.1. The van der Waals surface area contributed by atoms with Crippen molar-refractivity contribution in [3.05, 3.63) is 18.2 Å². The summed E-state index contributed by atoms with van der Waals surface area (Å²) >= 11 is 0. The quantitative estimate of drug-likeness (QED) is 0.782. The fraction of sp³-hybridized carbons (Fsp3) is 0.667. The standard InChI is InChI=1S/C21H31N3O5/c25-21(22-17-2-3-19-20(16-17)29-15-14-28-19)24(18-4-10-26-11-5-18)7-1-6-23-8-12-27-13-9-23/h2-3,16,18H,1,4-15H2,(H,22,25). The van der Waals surface area contributed by atoms with Gasteiger partial charge in [-0.1, -0.05) is 0 Å². The van der Waals surface area contributed by atoms with Crippen LogP contribution in [0.4, 0.5) is 10.5 Å². The van der Waals surface area contributed by atoms with Crippen molar-refractivity contribution in [2.75, 3.05) is 71.1 Å². The number of morpholine rings is 1. The molecule has 0 bridgehead atoms. The number of hydrogen-bond donors (Lipinski definition) is 1. The Hall–Kier alpha value is -2.03. The van der Waals surface area contributed by atoms with Crippen molar-refractivity contribution in [1.29, 1.82) is 0 Å². The zero-order valence-corrected chi connectivity index (χ0v) is 16.9. The van der Waals surface area contributed by atoms with Crippen LogP contribution in [-0.2, 0) is 9.47 Å². The van der Waals surface area contributed by atoms with Gasteiger partial charge in [0, 0.05) is 57.2 Å². The highest BCUT2D eigenvalue weighted by atomic mass is 16.6. The van der Waals surface area contributed by atoms with Gasteiger partial charge in [-0.15, -0.1) is 0 Å². The molecule has 1 aromatic carbocycles. The van der Waals surface area contributed by atoms with Gasteiger partial charge in [-0.3, -0.25) is 4.90 Å². The Labute approximate surface area is 172 Å². The molecule has 0 saturated carbocycles. The zero-order chi connectivity index (χ0) is 19.9. The number of urea groups is 1. The van der Waals surface area contributed by atoms with Crippen molar-refractivity contribution >= 4 is 11.7 Å². The van der Waals surface area contributed by atoms with E-state index in [-0.39, 0.29) is 12.1 Å². The number of nitrogens with zero attached hydrogens (tertiary/aromatic N) is 2. The molecule has 3 heterocycles. The first-order chi connectivity index (χ1) is 14.3. The molecule has 2 amide bonds. The number of carbonyl (C=O) groups excluding carboxylic acids is 1. The second-order valence-corrected chi connectivity index (χ2v) is 7.63. The summed E-state index contributed by atoms with van der Waals surface area (Å²) in [6, 6.07) is 5.70. The summed E-state index contributed by atoms with van der Waals surface area (Å²) < 4.78 is 22.1. The lowest BCUT2D eigenvalue weighted by molar-refractivity contribution is 0.0316. The topological polar surface area (TPSA) is 72.5 Å². The summed E-state index contributed by atoms with van der Waals surface area (Å²) in [6.45, 7) is 7.77. The molecule has 4 rings (SSSR count). The minimum atomic E-state index is -0.0597. The van der Waals surface area contributed by atoms with E-state index in [9.17, 15) is 4.79 Å². The second-order valence-electron chi connectivity index (χ2n) is 7.63. The van der Waals surface area contributed by atoms with E-state index in [1.165, 1.54) is 0 Å². The molecular formula is C21H31N3O5. The molecule has 160 valence electrons. The van der Waals surface area contributed by atoms with Crippen LogP contribution in [0.25, 0.3) is 0 Å². The maximum absolute atomic E-state index is 13.1. The van der Waals surface area contributed by atoms with Crippen LogP contribution in [0, 0.1) is 0 Å². The number of nitrogens with one attached hydrogen (secondary N) is 1. The number of hydrogen-bond acceptors (Lipinski definition) is 6. The van der Waals surface area contributed by atoms with Crippen molar-refractivity contribution in [3.8, 4) is 11.5 Å². The number of anilines is 1.